The summed E-state index contributed by atoms with van der Waals surface area (Å²) in [4.78, 5) is 0. The molecular weight excluding hydrogens is 902 g/mol. The topological polar surface area (TPSA) is 401 Å². The molecule has 0 N–H and O–H groups in total. The Balaban J connectivity index is -0.0000000364. The first-order chi connectivity index (χ1) is 10.0. The summed E-state index contributed by atoms with van der Waals surface area (Å²) in [6.45, 7) is 0. The first-order valence-corrected chi connectivity index (χ1v) is 19.7. The van der Waals surface area contributed by atoms with Gasteiger partial charge in [-0.3, -0.25) is 0 Å². The van der Waals surface area contributed by atoms with Crippen molar-refractivity contribution < 1.29 is 192 Å². The fourth-order valence-electron chi connectivity index (χ4n) is 0. The minimum Gasteiger partial charge on any atom is 0 e. The second-order valence-electron chi connectivity index (χ2n) is 2.04. The maximum absolute atomic E-state index is 8.63. The molecule has 27 heavy (non-hydrogen) atoms. The molecule has 0 unspecified atom stereocenters. The van der Waals surface area contributed by atoms with Gasteiger partial charge in [0.15, 0.2) is 0 Å². The van der Waals surface area contributed by atoms with E-state index in [9.17, 15) is 0 Å². The molecule has 0 atom stereocenters. The van der Waals surface area contributed by atoms with E-state index in [1.807, 2.05) is 0 Å². The van der Waals surface area contributed by atoms with E-state index in [1.54, 1.807) is 0 Å². The van der Waals surface area contributed by atoms with Crippen LogP contribution in [0.5, 0.6) is 0 Å². The molecule has 0 rings (SSSR count). The van der Waals surface area contributed by atoms with Crippen LogP contribution in [0.2, 0.25) is 0 Å². The van der Waals surface area contributed by atoms with Crippen LogP contribution < -0.4 is 37.6 Å². The van der Waals surface area contributed by atoms with Crippen molar-refractivity contribution in [3.8, 4) is 0 Å². The van der Waals surface area contributed by atoms with Crippen molar-refractivity contribution in [2.45, 2.75) is 0 Å². The van der Waals surface area contributed by atoms with E-state index in [2.05, 4.69) is 0 Å². The molecule has 0 aliphatic rings. The van der Waals surface area contributed by atoms with Gasteiger partial charge in [-0.15, -0.1) is 0 Å². The molecule has 0 aromatic heterocycles. The fraction of sp³-hybridized carbons (Fsp3) is 0. The summed E-state index contributed by atoms with van der Waals surface area (Å²) in [5.41, 5.74) is 0. The van der Waals surface area contributed by atoms with Gasteiger partial charge in [-0.2, -0.15) is 0 Å². The zero-order valence-electron chi connectivity index (χ0n) is 11.1. The fourth-order valence-corrected chi connectivity index (χ4v) is 0. The largest absolute Gasteiger partial charge is 0 e. The maximum atomic E-state index is 8.63. The van der Waals surface area contributed by atoms with E-state index in [0.717, 1.165) is 0 Å². The molecule has 20 nitrogen and oxygen atoms in total. The van der Waals surface area contributed by atoms with Crippen molar-refractivity contribution in [1.29, 1.82) is 0 Å². The van der Waals surface area contributed by atoms with Crippen LogP contribution in [-0.2, 0) is 155 Å². The van der Waals surface area contributed by atoms with Crippen LogP contribution in [0.1, 0.15) is 0 Å². The van der Waals surface area contributed by atoms with Crippen LogP contribution in [0, 0.1) is 0 Å². The molecule has 0 aromatic rings. The molecule has 0 aromatic carbocycles. The Bertz CT molecular complexity index is 619. The minimum atomic E-state index is -6.02. The SMILES string of the molecule is [O]=[Mo](=[O])([O-])[O-].[O]=[Mo](=[O])([O-])[O-].[O]=[Mo](=[O])([O-])[O-].[O]=[Mo](=[O])([O-])[O-].[O]=[Mo](=[O])([O-])[O-].[V].[V]. The normalized spacial score (nSPS) is 10.7. The Kier molecular flexibility index (Phi) is 35.1. The molecule has 0 spiro atoms. The third kappa shape index (κ3) is 3970. The van der Waals surface area contributed by atoms with Crippen LogP contribution in [0.15, 0.2) is 0 Å². The van der Waals surface area contributed by atoms with Crippen LogP contribution in [0.25, 0.3) is 0 Å². The molecule has 0 saturated carbocycles. The van der Waals surface area contributed by atoms with Crippen LogP contribution in [0.4, 0.5) is 0 Å². The summed E-state index contributed by atoms with van der Waals surface area (Å²) in [5, 5.41) is 0. The van der Waals surface area contributed by atoms with Crippen molar-refractivity contribution in [3.05, 3.63) is 0 Å². The van der Waals surface area contributed by atoms with Crippen molar-refractivity contribution in [2.75, 3.05) is 0 Å². The predicted molar refractivity (Wildman–Crippen MR) is 6.86 cm³/mol. The minimum absolute atomic E-state index is 0. The summed E-state index contributed by atoms with van der Waals surface area (Å²) in [5.74, 6) is 0. The molecule has 0 saturated heterocycles. The van der Waals surface area contributed by atoms with E-state index in [-0.39, 0.29) is 37.1 Å². The molecule has 27 heteroatoms. The molecule has 0 amide bonds. The standard InChI is InChI=1S/5Mo.20O.2V/q;;;;;;;;;;;;;;;10*-1;;. The van der Waals surface area contributed by atoms with Gasteiger partial charge >= 0.3 is 155 Å². The van der Waals surface area contributed by atoms with Gasteiger partial charge in [0.05, 0.1) is 0 Å². The van der Waals surface area contributed by atoms with Gasteiger partial charge in [-0.1, -0.05) is 0 Å². The number of rotatable bonds is 0. The van der Waals surface area contributed by atoms with Gasteiger partial charge in [0, 0.05) is 37.1 Å². The van der Waals surface area contributed by atoms with Crippen LogP contribution >= 0.6 is 0 Å². The number of hydrogen-bond donors (Lipinski definition) is 0. The Morgan fingerprint density at radius 2 is 0.259 bits per heavy atom. The van der Waals surface area contributed by atoms with E-state index in [0.29, 0.717) is 0 Å². The molecule has 0 bridgehead atoms. The van der Waals surface area contributed by atoms with Crippen molar-refractivity contribution in [3.63, 3.8) is 0 Å². The first-order valence-electron chi connectivity index (χ1n) is 3.33. The van der Waals surface area contributed by atoms with Crippen molar-refractivity contribution in [1.82, 2.24) is 0 Å². The van der Waals surface area contributed by atoms with E-state index < -0.39 is 83.7 Å². The van der Waals surface area contributed by atoms with E-state index >= 15 is 0 Å². The third-order valence-corrected chi connectivity index (χ3v) is 0. The molecule has 0 fully saturated rings. The van der Waals surface area contributed by atoms with Crippen molar-refractivity contribution >= 4 is 0 Å². The quantitative estimate of drug-likeness (QED) is 0.204. The van der Waals surface area contributed by atoms with Gasteiger partial charge in [-0.25, -0.2) is 0 Å². The Hall–Kier alpha value is 2.21. The van der Waals surface area contributed by atoms with Gasteiger partial charge in [-0.05, 0) is 0 Å². The molecular formula is Mo5O20V2-10. The van der Waals surface area contributed by atoms with Crippen LogP contribution in [0.3, 0.4) is 0 Å². The van der Waals surface area contributed by atoms with Crippen molar-refractivity contribution in [2.24, 2.45) is 0 Å². The summed E-state index contributed by atoms with van der Waals surface area (Å²) in [7, 11) is 0. The Morgan fingerprint density at radius 1 is 0.259 bits per heavy atom. The van der Waals surface area contributed by atoms with Gasteiger partial charge in [0.2, 0.25) is 0 Å². The summed E-state index contributed by atoms with van der Waals surface area (Å²) in [6, 6.07) is 0. The number of hydrogen-bond acceptors (Lipinski definition) is 20. The van der Waals surface area contributed by atoms with E-state index in [1.165, 1.54) is 0 Å². The van der Waals surface area contributed by atoms with Crippen LogP contribution in [-0.4, -0.2) is 0 Å². The molecule has 0 aliphatic carbocycles. The molecule has 0 heterocycles. The van der Waals surface area contributed by atoms with Gasteiger partial charge in [0.25, 0.3) is 0 Å². The zero-order valence-corrected chi connectivity index (χ0v) is 23.9. The van der Waals surface area contributed by atoms with E-state index in [4.69, 9.17) is 71.6 Å². The second-order valence-corrected chi connectivity index (χ2v) is 12.1. The predicted octanol–water partition coefficient (Wildman–Crippen LogP) is -13.1. The molecule has 2 radical (unpaired) electrons. The smallest absolute Gasteiger partial charge is 0 e. The maximum Gasteiger partial charge on any atom is 0 e. The average Bonchev–Trinajstić information content (AvgIpc) is 1.79. The molecule has 0 aliphatic heterocycles. The monoisotopic (exact) mass is 911 g/mol. The second kappa shape index (κ2) is 20.1. The summed E-state index contributed by atoms with van der Waals surface area (Å²) >= 11 is -30.1. The first kappa shape index (κ1) is 47.1. The average molecular weight is 902 g/mol. The summed E-state index contributed by atoms with van der Waals surface area (Å²) in [6.07, 6.45) is 0. The Labute approximate surface area is 189 Å². The third-order valence-electron chi connectivity index (χ3n) is 0. The zero-order chi connectivity index (χ0) is 22.5. The Morgan fingerprint density at radius 3 is 0.259 bits per heavy atom. The molecule has 170 valence electrons. The summed E-state index contributed by atoms with van der Waals surface area (Å²) < 4.78 is 173. The van der Waals surface area contributed by atoms with Gasteiger partial charge < -0.3 is 0 Å². The van der Waals surface area contributed by atoms with Gasteiger partial charge in [0.1, 0.15) is 0 Å².